The molecule has 0 aliphatic rings. The van der Waals surface area contributed by atoms with Crippen LogP contribution in [0.1, 0.15) is 19.8 Å². The summed E-state index contributed by atoms with van der Waals surface area (Å²) < 4.78 is 0. The van der Waals surface area contributed by atoms with Crippen molar-refractivity contribution in [3.05, 3.63) is 37.0 Å². The van der Waals surface area contributed by atoms with E-state index >= 15 is 0 Å². The lowest BCUT2D eigenvalue weighted by Crippen LogP contribution is -1.69. The standard InChI is InChI=1S/C9H14/c1-4-5-6-7-8-9(2)3/h4-6H,1-2,7-8H2,3H3/b6-5+. The molecule has 0 atom stereocenters. The second kappa shape index (κ2) is 5.36. The summed E-state index contributed by atoms with van der Waals surface area (Å²) in [6.45, 7) is 9.40. The highest BCUT2D eigenvalue weighted by molar-refractivity contribution is 4.99. The molecule has 0 aromatic rings. The molecule has 0 aliphatic carbocycles. The predicted octanol–water partition coefficient (Wildman–Crippen LogP) is 3.08. The summed E-state index contributed by atoms with van der Waals surface area (Å²) in [6.07, 6.45) is 8.02. The van der Waals surface area contributed by atoms with Crippen LogP contribution < -0.4 is 0 Å². The first-order valence-corrected chi connectivity index (χ1v) is 3.19. The normalized spacial score (nSPS) is 9.89. The van der Waals surface area contributed by atoms with E-state index in [1.165, 1.54) is 5.57 Å². The molecule has 0 N–H and O–H groups in total. The minimum atomic E-state index is 1.08. The first kappa shape index (κ1) is 8.22. The maximum atomic E-state index is 3.79. The van der Waals surface area contributed by atoms with E-state index in [4.69, 9.17) is 0 Å². The molecule has 0 saturated heterocycles. The van der Waals surface area contributed by atoms with Crippen molar-refractivity contribution >= 4 is 0 Å². The van der Waals surface area contributed by atoms with E-state index in [0.29, 0.717) is 0 Å². The van der Waals surface area contributed by atoms with Crippen LogP contribution in [0.25, 0.3) is 0 Å². The van der Waals surface area contributed by atoms with Gasteiger partial charge in [0.1, 0.15) is 0 Å². The zero-order valence-electron chi connectivity index (χ0n) is 6.06. The fourth-order valence-electron chi connectivity index (χ4n) is 0.522. The van der Waals surface area contributed by atoms with Gasteiger partial charge >= 0.3 is 0 Å². The Morgan fingerprint density at radius 3 is 2.67 bits per heavy atom. The molecule has 9 heavy (non-hydrogen) atoms. The van der Waals surface area contributed by atoms with Gasteiger partial charge in [-0.1, -0.05) is 30.4 Å². The van der Waals surface area contributed by atoms with Gasteiger partial charge in [-0.15, -0.1) is 6.58 Å². The molecule has 0 unspecified atom stereocenters. The smallest absolute Gasteiger partial charge is 0.0291 e. The highest BCUT2D eigenvalue weighted by atomic mass is 13.9. The lowest BCUT2D eigenvalue weighted by molar-refractivity contribution is 0.984. The van der Waals surface area contributed by atoms with Gasteiger partial charge < -0.3 is 0 Å². The summed E-state index contributed by atoms with van der Waals surface area (Å²) in [4.78, 5) is 0. The Hall–Kier alpha value is -0.780. The Morgan fingerprint density at radius 1 is 1.56 bits per heavy atom. The highest BCUT2D eigenvalue weighted by Crippen LogP contribution is 2.00. The summed E-state index contributed by atoms with van der Waals surface area (Å²) >= 11 is 0. The number of rotatable bonds is 4. The Bertz CT molecular complexity index is 118. The summed E-state index contributed by atoms with van der Waals surface area (Å²) in [7, 11) is 0. The van der Waals surface area contributed by atoms with Gasteiger partial charge in [0.25, 0.3) is 0 Å². The molecule has 0 nitrogen and oxygen atoms in total. The van der Waals surface area contributed by atoms with E-state index in [2.05, 4.69) is 19.2 Å². The van der Waals surface area contributed by atoms with Crippen molar-refractivity contribution < 1.29 is 0 Å². The van der Waals surface area contributed by atoms with Crippen LogP contribution in [0.4, 0.5) is 0 Å². The van der Waals surface area contributed by atoms with Gasteiger partial charge in [0.05, 0.1) is 0 Å². The second-order valence-electron chi connectivity index (χ2n) is 2.16. The Kier molecular flexibility index (Phi) is 4.89. The topological polar surface area (TPSA) is 0 Å². The van der Waals surface area contributed by atoms with E-state index in [1.807, 2.05) is 13.0 Å². The molecular formula is C9H14. The van der Waals surface area contributed by atoms with Crippen LogP contribution in [-0.2, 0) is 0 Å². The van der Waals surface area contributed by atoms with Crippen LogP contribution in [0, 0.1) is 0 Å². The Morgan fingerprint density at radius 2 is 2.22 bits per heavy atom. The average molecular weight is 122 g/mol. The van der Waals surface area contributed by atoms with Gasteiger partial charge in [0, 0.05) is 0 Å². The molecule has 0 heterocycles. The van der Waals surface area contributed by atoms with Gasteiger partial charge in [-0.3, -0.25) is 0 Å². The average Bonchev–Trinajstić information content (AvgIpc) is 1.80. The van der Waals surface area contributed by atoms with Crippen molar-refractivity contribution in [1.82, 2.24) is 0 Å². The van der Waals surface area contributed by atoms with Crippen LogP contribution in [-0.4, -0.2) is 0 Å². The predicted molar refractivity (Wildman–Crippen MR) is 43.4 cm³/mol. The molecule has 0 spiro atoms. The van der Waals surface area contributed by atoms with Crippen LogP contribution in [0.15, 0.2) is 37.0 Å². The minimum absolute atomic E-state index is 1.08. The molecule has 0 aromatic carbocycles. The number of hydrogen-bond donors (Lipinski definition) is 0. The van der Waals surface area contributed by atoms with Gasteiger partial charge in [-0.2, -0.15) is 0 Å². The van der Waals surface area contributed by atoms with E-state index in [1.54, 1.807) is 6.08 Å². The van der Waals surface area contributed by atoms with E-state index in [-0.39, 0.29) is 0 Å². The maximum absolute atomic E-state index is 3.79. The van der Waals surface area contributed by atoms with Gasteiger partial charge in [-0.05, 0) is 19.8 Å². The van der Waals surface area contributed by atoms with Crippen molar-refractivity contribution in [2.75, 3.05) is 0 Å². The first-order valence-electron chi connectivity index (χ1n) is 3.19. The van der Waals surface area contributed by atoms with Gasteiger partial charge in [0.15, 0.2) is 0 Å². The zero-order valence-corrected chi connectivity index (χ0v) is 6.06. The molecular weight excluding hydrogens is 108 g/mol. The maximum Gasteiger partial charge on any atom is -0.0291 e. The van der Waals surface area contributed by atoms with Gasteiger partial charge in [0.2, 0.25) is 0 Å². The first-order chi connectivity index (χ1) is 4.27. The molecule has 0 saturated carbocycles. The third-order valence-electron chi connectivity index (χ3n) is 1.01. The lowest BCUT2D eigenvalue weighted by atomic mass is 10.2. The summed E-state index contributed by atoms with van der Waals surface area (Å²) in [6, 6.07) is 0. The SMILES string of the molecule is C=C/C=C/CCC(=C)C. The van der Waals surface area contributed by atoms with Crippen LogP contribution in [0.2, 0.25) is 0 Å². The van der Waals surface area contributed by atoms with Crippen LogP contribution in [0.5, 0.6) is 0 Å². The number of allylic oxidation sites excluding steroid dienone is 4. The third kappa shape index (κ3) is 7.22. The molecule has 0 aromatic heterocycles. The molecule has 0 fully saturated rings. The minimum Gasteiger partial charge on any atom is -0.100 e. The molecule has 0 rings (SSSR count). The highest BCUT2D eigenvalue weighted by Gasteiger charge is 1.79. The summed E-state index contributed by atoms with van der Waals surface area (Å²) in [5.74, 6) is 0. The fourth-order valence-corrected chi connectivity index (χ4v) is 0.522. The fraction of sp³-hybridized carbons (Fsp3) is 0.333. The molecule has 0 bridgehead atoms. The Labute approximate surface area is 57.6 Å². The molecule has 50 valence electrons. The largest absolute Gasteiger partial charge is 0.100 e. The van der Waals surface area contributed by atoms with Crippen molar-refractivity contribution in [2.24, 2.45) is 0 Å². The monoisotopic (exact) mass is 122 g/mol. The molecule has 0 heteroatoms. The van der Waals surface area contributed by atoms with Crippen molar-refractivity contribution in [1.29, 1.82) is 0 Å². The van der Waals surface area contributed by atoms with Crippen LogP contribution >= 0.6 is 0 Å². The van der Waals surface area contributed by atoms with Crippen molar-refractivity contribution in [3.8, 4) is 0 Å². The summed E-state index contributed by atoms with van der Waals surface area (Å²) in [5.41, 5.74) is 1.24. The quantitative estimate of drug-likeness (QED) is 0.397. The molecule has 0 radical (unpaired) electrons. The number of hydrogen-bond acceptors (Lipinski definition) is 0. The molecule has 0 amide bonds. The lowest BCUT2D eigenvalue weighted by Gasteiger charge is -1.90. The van der Waals surface area contributed by atoms with E-state index < -0.39 is 0 Å². The third-order valence-corrected chi connectivity index (χ3v) is 1.01. The van der Waals surface area contributed by atoms with Crippen molar-refractivity contribution in [3.63, 3.8) is 0 Å². The molecule has 0 aliphatic heterocycles. The Balaban J connectivity index is 3.19. The van der Waals surface area contributed by atoms with Gasteiger partial charge in [-0.25, -0.2) is 0 Å². The van der Waals surface area contributed by atoms with E-state index in [9.17, 15) is 0 Å². The second-order valence-corrected chi connectivity index (χ2v) is 2.16. The van der Waals surface area contributed by atoms with Crippen LogP contribution in [0.3, 0.4) is 0 Å². The van der Waals surface area contributed by atoms with E-state index in [0.717, 1.165) is 12.8 Å². The van der Waals surface area contributed by atoms with Crippen molar-refractivity contribution in [2.45, 2.75) is 19.8 Å². The summed E-state index contributed by atoms with van der Waals surface area (Å²) in [5, 5.41) is 0. The zero-order chi connectivity index (χ0) is 7.11.